The van der Waals surface area contributed by atoms with Crippen LogP contribution in [0.1, 0.15) is 37.5 Å². The predicted molar refractivity (Wildman–Crippen MR) is 76.8 cm³/mol. The Hall–Kier alpha value is -0.430. The van der Waals surface area contributed by atoms with Gasteiger partial charge in [-0.25, -0.2) is 8.42 Å². The molecule has 6 heteroatoms. The molecular formula is C13H20N2O2S2. The molecule has 4 nitrogen and oxygen atoms in total. The Balaban J connectivity index is 1.73. The van der Waals surface area contributed by atoms with Crippen LogP contribution in [0, 0.1) is 0 Å². The molecule has 1 saturated carbocycles. The van der Waals surface area contributed by atoms with Gasteiger partial charge in [0.05, 0.1) is 0 Å². The van der Waals surface area contributed by atoms with Crippen molar-refractivity contribution in [3.63, 3.8) is 0 Å². The molecule has 0 bridgehead atoms. The van der Waals surface area contributed by atoms with E-state index in [9.17, 15) is 8.42 Å². The second-order valence-corrected chi connectivity index (χ2v) is 8.77. The van der Waals surface area contributed by atoms with Crippen LogP contribution in [0.2, 0.25) is 0 Å². The van der Waals surface area contributed by atoms with Crippen molar-refractivity contribution >= 4 is 21.4 Å². The third-order valence-electron chi connectivity index (χ3n) is 3.83. The minimum absolute atomic E-state index is 0.139. The lowest BCUT2D eigenvalue weighted by atomic mass is 10.3. The second kappa shape index (κ2) is 5.16. The monoisotopic (exact) mass is 300 g/mol. The van der Waals surface area contributed by atoms with Crippen LogP contribution in [0.3, 0.4) is 0 Å². The predicted octanol–water partition coefficient (Wildman–Crippen LogP) is 2.17. The van der Waals surface area contributed by atoms with Gasteiger partial charge in [0.2, 0.25) is 0 Å². The van der Waals surface area contributed by atoms with E-state index in [4.69, 9.17) is 0 Å². The summed E-state index contributed by atoms with van der Waals surface area (Å²) in [4.78, 5) is 1.11. The summed E-state index contributed by atoms with van der Waals surface area (Å²) in [7, 11) is -3.27. The van der Waals surface area contributed by atoms with E-state index in [1.54, 1.807) is 10.4 Å². The zero-order valence-corrected chi connectivity index (χ0v) is 12.8. The van der Waals surface area contributed by atoms with E-state index in [-0.39, 0.29) is 6.04 Å². The lowest BCUT2D eigenvalue weighted by Gasteiger charge is -2.19. The van der Waals surface area contributed by atoms with Crippen molar-refractivity contribution in [1.29, 1.82) is 0 Å². The molecule has 1 aliphatic carbocycles. The first-order valence-corrected chi connectivity index (χ1v) is 9.17. The van der Waals surface area contributed by atoms with Gasteiger partial charge in [-0.1, -0.05) is 0 Å². The Morgan fingerprint density at radius 2 is 2.16 bits per heavy atom. The smallest absolute Gasteiger partial charge is 0.252 e. The van der Waals surface area contributed by atoms with E-state index in [1.807, 2.05) is 13.0 Å². The van der Waals surface area contributed by atoms with Gasteiger partial charge in [0.15, 0.2) is 0 Å². The highest BCUT2D eigenvalue weighted by Gasteiger charge is 2.33. The van der Waals surface area contributed by atoms with Gasteiger partial charge in [0, 0.05) is 30.1 Å². The summed E-state index contributed by atoms with van der Waals surface area (Å²) in [6.07, 6.45) is 4.45. The van der Waals surface area contributed by atoms with Crippen molar-refractivity contribution in [3.05, 3.63) is 17.0 Å². The molecule has 0 radical (unpaired) electrons. The van der Waals surface area contributed by atoms with Crippen LogP contribution in [-0.4, -0.2) is 31.4 Å². The van der Waals surface area contributed by atoms with Crippen LogP contribution in [0.25, 0.3) is 0 Å². The van der Waals surface area contributed by atoms with Crippen LogP contribution >= 0.6 is 11.3 Å². The van der Waals surface area contributed by atoms with E-state index in [0.717, 1.165) is 24.3 Å². The molecule has 1 unspecified atom stereocenters. The number of nitrogens with zero attached hydrogens (tertiary/aromatic N) is 1. The fraction of sp³-hybridized carbons (Fsp3) is 0.692. The zero-order valence-electron chi connectivity index (χ0n) is 11.1. The van der Waals surface area contributed by atoms with Crippen molar-refractivity contribution < 1.29 is 8.42 Å². The molecule has 1 saturated heterocycles. The Labute approximate surface area is 118 Å². The van der Waals surface area contributed by atoms with Gasteiger partial charge in [-0.15, -0.1) is 11.3 Å². The summed E-state index contributed by atoms with van der Waals surface area (Å²) in [6.45, 7) is 3.45. The first-order valence-electron chi connectivity index (χ1n) is 6.91. The average molecular weight is 300 g/mol. The topological polar surface area (TPSA) is 49.4 Å². The van der Waals surface area contributed by atoms with E-state index in [2.05, 4.69) is 5.32 Å². The van der Waals surface area contributed by atoms with Gasteiger partial charge in [-0.3, -0.25) is 0 Å². The number of hydrogen-bond donors (Lipinski definition) is 1. The van der Waals surface area contributed by atoms with E-state index < -0.39 is 10.0 Å². The van der Waals surface area contributed by atoms with Gasteiger partial charge >= 0.3 is 0 Å². The number of hydrogen-bond acceptors (Lipinski definition) is 4. The first-order chi connectivity index (χ1) is 9.07. The summed E-state index contributed by atoms with van der Waals surface area (Å²) >= 11 is 1.41. The third-order valence-corrected chi connectivity index (χ3v) is 7.40. The molecule has 2 heterocycles. The van der Waals surface area contributed by atoms with Crippen molar-refractivity contribution in [1.82, 2.24) is 9.62 Å². The summed E-state index contributed by atoms with van der Waals surface area (Å²) in [5.74, 6) is 0. The fourth-order valence-corrected chi connectivity index (χ4v) is 5.64. The van der Waals surface area contributed by atoms with E-state index in [1.165, 1.54) is 24.2 Å². The molecule has 1 aromatic heterocycles. The molecule has 0 amide bonds. The highest BCUT2D eigenvalue weighted by molar-refractivity contribution is 7.91. The maximum atomic E-state index is 12.5. The standard InChI is InChI=1S/C13H20N2O2S2/c1-10-3-2-8-15(10)19(16,17)13-7-6-12(18-13)9-14-11-4-5-11/h6-7,10-11,14H,2-5,8-9H2,1H3. The first kappa shape index (κ1) is 13.5. The molecule has 2 aliphatic rings. The number of thiophene rings is 1. The highest BCUT2D eigenvalue weighted by Crippen LogP contribution is 2.30. The Morgan fingerprint density at radius 3 is 2.79 bits per heavy atom. The molecule has 1 aromatic rings. The highest BCUT2D eigenvalue weighted by atomic mass is 32.2. The Bertz CT molecular complexity index is 549. The molecule has 1 atom stereocenters. The van der Waals surface area contributed by atoms with Gasteiger partial charge in [0.1, 0.15) is 4.21 Å². The van der Waals surface area contributed by atoms with Crippen molar-refractivity contribution in [2.45, 2.75) is 55.4 Å². The Morgan fingerprint density at radius 1 is 1.37 bits per heavy atom. The van der Waals surface area contributed by atoms with E-state index in [0.29, 0.717) is 16.8 Å². The van der Waals surface area contributed by atoms with E-state index >= 15 is 0 Å². The SMILES string of the molecule is CC1CCCN1S(=O)(=O)c1ccc(CNC2CC2)s1. The van der Waals surface area contributed by atoms with Crippen molar-refractivity contribution in [2.75, 3.05) is 6.54 Å². The van der Waals surface area contributed by atoms with Crippen LogP contribution < -0.4 is 5.32 Å². The van der Waals surface area contributed by atoms with Crippen LogP contribution in [0.5, 0.6) is 0 Å². The minimum Gasteiger partial charge on any atom is -0.309 e. The summed E-state index contributed by atoms with van der Waals surface area (Å²) in [5.41, 5.74) is 0. The lowest BCUT2D eigenvalue weighted by Crippen LogP contribution is -2.33. The summed E-state index contributed by atoms with van der Waals surface area (Å²) in [5, 5.41) is 3.42. The number of sulfonamides is 1. The van der Waals surface area contributed by atoms with Crippen molar-refractivity contribution in [3.8, 4) is 0 Å². The second-order valence-electron chi connectivity index (χ2n) is 5.48. The number of rotatable bonds is 5. The van der Waals surface area contributed by atoms with Crippen LogP contribution in [-0.2, 0) is 16.6 Å². The fourth-order valence-electron chi connectivity index (χ4n) is 2.50. The lowest BCUT2D eigenvalue weighted by molar-refractivity contribution is 0.409. The molecular weight excluding hydrogens is 280 g/mol. The minimum atomic E-state index is -3.27. The molecule has 1 aliphatic heterocycles. The molecule has 3 rings (SSSR count). The van der Waals surface area contributed by atoms with Gasteiger partial charge in [-0.2, -0.15) is 4.31 Å². The Kier molecular flexibility index (Phi) is 3.68. The van der Waals surface area contributed by atoms with Crippen molar-refractivity contribution in [2.24, 2.45) is 0 Å². The maximum absolute atomic E-state index is 12.5. The third kappa shape index (κ3) is 2.86. The summed E-state index contributed by atoms with van der Waals surface area (Å²) in [6, 6.07) is 4.49. The molecule has 1 N–H and O–H groups in total. The normalized spacial score (nSPS) is 25.0. The largest absolute Gasteiger partial charge is 0.309 e. The molecule has 0 spiro atoms. The quantitative estimate of drug-likeness (QED) is 0.906. The molecule has 2 fully saturated rings. The van der Waals surface area contributed by atoms with Gasteiger partial charge < -0.3 is 5.32 Å². The molecule has 19 heavy (non-hydrogen) atoms. The van der Waals surface area contributed by atoms with Gasteiger partial charge in [-0.05, 0) is 44.7 Å². The van der Waals surface area contributed by atoms with Crippen LogP contribution in [0.4, 0.5) is 0 Å². The van der Waals surface area contributed by atoms with Gasteiger partial charge in [0.25, 0.3) is 10.0 Å². The zero-order chi connectivity index (χ0) is 13.5. The molecule has 106 valence electrons. The van der Waals surface area contributed by atoms with Crippen LogP contribution in [0.15, 0.2) is 16.3 Å². The number of nitrogens with one attached hydrogen (secondary N) is 1. The summed E-state index contributed by atoms with van der Waals surface area (Å²) < 4.78 is 27.2. The maximum Gasteiger partial charge on any atom is 0.252 e. The average Bonchev–Trinajstić information content (AvgIpc) is 2.88. The molecule has 0 aromatic carbocycles.